The maximum absolute atomic E-state index is 10.5. The fourth-order valence-electron chi connectivity index (χ4n) is 5.01. The first-order valence-electron chi connectivity index (χ1n) is 10.8. The number of piperidine rings is 2. The first-order chi connectivity index (χ1) is 14.9. The quantitative estimate of drug-likeness (QED) is 0.663. The van der Waals surface area contributed by atoms with Crippen molar-refractivity contribution in [1.29, 1.82) is 0 Å². The summed E-state index contributed by atoms with van der Waals surface area (Å²) >= 11 is 0. The molecule has 0 unspecified atom stereocenters. The zero-order valence-electron chi connectivity index (χ0n) is 18.2. The van der Waals surface area contributed by atoms with E-state index in [-0.39, 0.29) is 11.3 Å². The van der Waals surface area contributed by atoms with Crippen molar-refractivity contribution in [2.24, 2.45) is 7.05 Å². The van der Waals surface area contributed by atoms with Gasteiger partial charge in [0, 0.05) is 37.3 Å². The zero-order valence-corrected chi connectivity index (χ0v) is 18.2. The first kappa shape index (κ1) is 19.9. The summed E-state index contributed by atoms with van der Waals surface area (Å²) in [5.74, 6) is 1.78. The smallest absolute Gasteiger partial charge is 0.185 e. The Morgan fingerprint density at radius 2 is 2.10 bits per heavy atom. The number of nitrogens with one attached hydrogen (secondary N) is 1. The molecule has 2 aliphatic heterocycles. The monoisotopic (exact) mass is 420 g/mol. The summed E-state index contributed by atoms with van der Waals surface area (Å²) in [7, 11) is 3.88. The lowest BCUT2D eigenvalue weighted by Gasteiger charge is -2.49. The third-order valence-electron chi connectivity index (χ3n) is 6.63. The minimum atomic E-state index is 0.0759. The molecule has 2 saturated heterocycles. The van der Waals surface area contributed by atoms with Crippen molar-refractivity contribution < 1.29 is 5.11 Å². The molecule has 31 heavy (non-hydrogen) atoms. The Balaban J connectivity index is 1.34. The highest BCUT2D eigenvalue weighted by Gasteiger charge is 2.40. The summed E-state index contributed by atoms with van der Waals surface area (Å²) in [6.07, 6.45) is 9.34. The molecule has 0 spiro atoms. The van der Waals surface area contributed by atoms with Crippen LogP contribution in [0.25, 0.3) is 22.8 Å². The summed E-state index contributed by atoms with van der Waals surface area (Å²) in [6.45, 7) is 2.33. The van der Waals surface area contributed by atoms with Gasteiger partial charge < -0.3 is 15.3 Å². The van der Waals surface area contributed by atoms with E-state index in [9.17, 15) is 5.11 Å². The molecule has 4 heterocycles. The van der Waals surface area contributed by atoms with E-state index in [4.69, 9.17) is 0 Å². The number of anilines is 1. The van der Waals surface area contributed by atoms with E-state index in [0.29, 0.717) is 29.3 Å². The number of rotatable bonds is 4. The zero-order chi connectivity index (χ0) is 21.6. The highest BCUT2D eigenvalue weighted by Crippen LogP contribution is 2.36. The Labute approximate surface area is 181 Å². The molecule has 0 saturated carbocycles. The molecule has 2 N–H and O–H groups in total. The molecule has 3 atom stereocenters. The van der Waals surface area contributed by atoms with Crippen LogP contribution in [0.3, 0.4) is 0 Å². The van der Waals surface area contributed by atoms with Crippen molar-refractivity contribution in [2.45, 2.75) is 56.7 Å². The van der Waals surface area contributed by atoms with E-state index < -0.39 is 0 Å². The summed E-state index contributed by atoms with van der Waals surface area (Å²) in [5.41, 5.74) is 1.47. The van der Waals surface area contributed by atoms with Crippen LogP contribution in [0.1, 0.15) is 39.0 Å². The van der Waals surface area contributed by atoms with Gasteiger partial charge in [-0.15, -0.1) is 10.2 Å². The van der Waals surface area contributed by atoms with Gasteiger partial charge in [-0.05, 0) is 44.7 Å². The Morgan fingerprint density at radius 1 is 1.23 bits per heavy atom. The number of hydrogen-bond donors (Lipinski definition) is 2. The lowest BCUT2D eigenvalue weighted by atomic mass is 9.75. The largest absolute Gasteiger partial charge is 0.507 e. The molecular weight excluding hydrogens is 392 g/mol. The van der Waals surface area contributed by atoms with Gasteiger partial charge in [0.25, 0.3) is 0 Å². The highest BCUT2D eigenvalue weighted by atomic mass is 16.3. The van der Waals surface area contributed by atoms with Gasteiger partial charge in [0.1, 0.15) is 12.1 Å². The lowest BCUT2D eigenvalue weighted by Crippen LogP contribution is -2.61. The fraction of sp³-hybridized carbons (Fsp3) is 0.500. The van der Waals surface area contributed by atoms with Crippen molar-refractivity contribution in [1.82, 2.24) is 35.3 Å². The average molecular weight is 421 g/mol. The van der Waals surface area contributed by atoms with E-state index in [2.05, 4.69) is 49.5 Å². The molecule has 2 aromatic heterocycles. The van der Waals surface area contributed by atoms with E-state index in [1.54, 1.807) is 36.4 Å². The maximum atomic E-state index is 10.5. The van der Waals surface area contributed by atoms with Crippen molar-refractivity contribution in [2.75, 3.05) is 11.9 Å². The standard InChI is InChI=1S/C22H28N8O/c1-22-8-4-5-15(25-22)10-16(11-22)30(3)19-12-23-21(27-26-19)17-7-6-14(9-18(17)31)20-24-13-29(2)28-20/h6-7,9,12-13,15-16,25,31H,4-5,8,10-11H2,1-3H3/t15-,16-,22+/m1/s1. The molecular formula is C22H28N8O. The number of aromatic hydroxyl groups is 1. The van der Waals surface area contributed by atoms with Crippen LogP contribution in [0.5, 0.6) is 5.75 Å². The minimum absolute atomic E-state index is 0.0759. The van der Waals surface area contributed by atoms with Crippen LogP contribution in [0, 0.1) is 0 Å². The third kappa shape index (κ3) is 3.85. The maximum Gasteiger partial charge on any atom is 0.185 e. The van der Waals surface area contributed by atoms with Crippen LogP contribution in [-0.2, 0) is 7.05 Å². The second-order valence-electron chi connectivity index (χ2n) is 9.11. The van der Waals surface area contributed by atoms with Gasteiger partial charge in [0.2, 0.25) is 0 Å². The Bertz CT molecular complexity index is 1080. The van der Waals surface area contributed by atoms with Gasteiger partial charge in [0.15, 0.2) is 17.5 Å². The summed E-state index contributed by atoms with van der Waals surface area (Å²) in [4.78, 5) is 10.9. The van der Waals surface area contributed by atoms with Crippen LogP contribution >= 0.6 is 0 Å². The van der Waals surface area contributed by atoms with Crippen LogP contribution in [-0.4, -0.2) is 59.7 Å². The Kier molecular flexibility index (Phi) is 4.85. The topological polar surface area (TPSA) is 105 Å². The predicted molar refractivity (Wildman–Crippen MR) is 118 cm³/mol. The molecule has 5 rings (SSSR count). The van der Waals surface area contributed by atoms with Crippen LogP contribution < -0.4 is 10.2 Å². The van der Waals surface area contributed by atoms with E-state index in [0.717, 1.165) is 24.2 Å². The van der Waals surface area contributed by atoms with Crippen molar-refractivity contribution in [3.8, 4) is 28.5 Å². The molecule has 9 heteroatoms. The van der Waals surface area contributed by atoms with Gasteiger partial charge in [0.05, 0.1) is 11.8 Å². The van der Waals surface area contributed by atoms with Gasteiger partial charge in [-0.2, -0.15) is 5.10 Å². The average Bonchev–Trinajstić information content (AvgIpc) is 3.19. The van der Waals surface area contributed by atoms with Gasteiger partial charge >= 0.3 is 0 Å². The number of phenolic OH excluding ortho intramolecular Hbond substituents is 1. The molecule has 2 bridgehead atoms. The number of phenols is 1. The molecule has 162 valence electrons. The summed E-state index contributed by atoms with van der Waals surface area (Å²) in [5, 5.41) is 27.3. The lowest BCUT2D eigenvalue weighted by molar-refractivity contribution is 0.140. The van der Waals surface area contributed by atoms with Crippen molar-refractivity contribution in [3.05, 3.63) is 30.7 Å². The number of aryl methyl sites for hydroxylation is 1. The highest BCUT2D eigenvalue weighted by molar-refractivity contribution is 5.70. The summed E-state index contributed by atoms with van der Waals surface area (Å²) in [6, 6.07) is 6.24. The molecule has 0 amide bonds. The van der Waals surface area contributed by atoms with Crippen LogP contribution in [0.15, 0.2) is 30.7 Å². The van der Waals surface area contributed by atoms with Crippen molar-refractivity contribution in [3.63, 3.8) is 0 Å². The summed E-state index contributed by atoms with van der Waals surface area (Å²) < 4.78 is 1.62. The predicted octanol–water partition coefficient (Wildman–Crippen LogP) is 2.54. The molecule has 0 aliphatic carbocycles. The van der Waals surface area contributed by atoms with Crippen LogP contribution in [0.4, 0.5) is 5.82 Å². The van der Waals surface area contributed by atoms with Gasteiger partial charge in [-0.25, -0.2) is 9.97 Å². The fourth-order valence-corrected chi connectivity index (χ4v) is 5.01. The number of nitrogens with zero attached hydrogens (tertiary/aromatic N) is 7. The molecule has 2 aliphatic rings. The van der Waals surface area contributed by atoms with Crippen LogP contribution in [0.2, 0.25) is 0 Å². The molecule has 2 fully saturated rings. The third-order valence-corrected chi connectivity index (χ3v) is 6.63. The van der Waals surface area contributed by atoms with Gasteiger partial charge in [-0.1, -0.05) is 12.5 Å². The molecule has 0 radical (unpaired) electrons. The van der Waals surface area contributed by atoms with Crippen molar-refractivity contribution >= 4 is 5.82 Å². The number of aromatic nitrogens is 6. The Morgan fingerprint density at radius 3 is 2.77 bits per heavy atom. The molecule has 9 nitrogen and oxygen atoms in total. The Hall–Kier alpha value is -3.07. The van der Waals surface area contributed by atoms with E-state index in [1.807, 2.05) is 6.07 Å². The molecule has 1 aromatic carbocycles. The number of benzene rings is 1. The number of fused-ring (bicyclic) bond motifs is 2. The SMILES string of the molecule is CN(c1cnc(-c2ccc(-c3ncn(C)n3)cc2O)nn1)[C@@H]1C[C@H]2CCC[C@@](C)(C1)N2. The molecule has 3 aromatic rings. The van der Waals surface area contributed by atoms with Gasteiger partial charge in [-0.3, -0.25) is 4.68 Å². The first-order valence-corrected chi connectivity index (χ1v) is 10.8. The second kappa shape index (κ2) is 7.56. The normalized spacial score (nSPS) is 25.4. The number of hydrogen-bond acceptors (Lipinski definition) is 8. The van der Waals surface area contributed by atoms with E-state index >= 15 is 0 Å². The minimum Gasteiger partial charge on any atom is -0.507 e. The van der Waals surface area contributed by atoms with E-state index in [1.165, 1.54) is 19.3 Å². The second-order valence-corrected chi connectivity index (χ2v) is 9.11.